The number of nitrogens with zero attached hydrogens (tertiary/aromatic N) is 1. The Labute approximate surface area is 178 Å². The molecular formula is C24H24F3NOS. The monoisotopic (exact) mass is 431 g/mol. The highest BCUT2D eigenvalue weighted by atomic mass is 32.1. The molecular weight excluding hydrogens is 407 g/mol. The van der Waals surface area contributed by atoms with Crippen LogP contribution in [-0.4, -0.2) is 11.6 Å². The Balaban J connectivity index is 1.39. The van der Waals surface area contributed by atoms with E-state index in [-0.39, 0.29) is 0 Å². The minimum absolute atomic E-state index is 0.521. The second kappa shape index (κ2) is 8.42. The Kier molecular flexibility index (Phi) is 5.87. The Bertz CT molecular complexity index is 1020. The average Bonchev–Trinajstić information content (AvgIpc) is 3.30. The zero-order valence-electron chi connectivity index (χ0n) is 17.1. The first-order chi connectivity index (χ1) is 14.3. The maximum absolute atomic E-state index is 12.8. The lowest BCUT2D eigenvalue weighted by molar-refractivity contribution is -0.137. The summed E-state index contributed by atoms with van der Waals surface area (Å²) in [5.41, 5.74) is 3.84. The van der Waals surface area contributed by atoms with Gasteiger partial charge in [-0.2, -0.15) is 13.2 Å². The van der Waals surface area contributed by atoms with Crippen molar-refractivity contribution in [1.29, 1.82) is 0 Å². The molecule has 0 N–H and O–H groups in total. The van der Waals surface area contributed by atoms with E-state index >= 15 is 0 Å². The normalized spacial score (nSPS) is 16.0. The second-order valence-corrected chi connectivity index (χ2v) is 8.90. The maximum atomic E-state index is 12.8. The van der Waals surface area contributed by atoms with Gasteiger partial charge >= 0.3 is 6.18 Å². The van der Waals surface area contributed by atoms with E-state index in [0.29, 0.717) is 24.5 Å². The third kappa shape index (κ3) is 4.38. The summed E-state index contributed by atoms with van der Waals surface area (Å²) >= 11 is 1.50. The van der Waals surface area contributed by atoms with Crippen molar-refractivity contribution in [3.63, 3.8) is 0 Å². The predicted octanol–water partition coefficient (Wildman–Crippen LogP) is 7.20. The van der Waals surface area contributed by atoms with Crippen LogP contribution in [0.5, 0.6) is 5.75 Å². The minimum Gasteiger partial charge on any atom is -0.493 e. The van der Waals surface area contributed by atoms with E-state index in [1.54, 1.807) is 0 Å². The molecule has 3 aromatic rings. The lowest BCUT2D eigenvalue weighted by Gasteiger charge is -2.10. The molecule has 0 amide bonds. The van der Waals surface area contributed by atoms with Crippen molar-refractivity contribution >= 4 is 11.3 Å². The number of thiazole rings is 1. The molecule has 0 aliphatic heterocycles. The summed E-state index contributed by atoms with van der Waals surface area (Å²) in [6.45, 7) is 4.74. The van der Waals surface area contributed by atoms with Crippen LogP contribution in [0.3, 0.4) is 0 Å². The zero-order chi connectivity index (χ0) is 21.3. The molecule has 0 bridgehead atoms. The van der Waals surface area contributed by atoms with E-state index in [4.69, 9.17) is 4.74 Å². The van der Waals surface area contributed by atoms with Gasteiger partial charge < -0.3 is 4.74 Å². The molecule has 158 valence electrons. The summed E-state index contributed by atoms with van der Waals surface area (Å²) in [5, 5.41) is 0.736. The molecule has 30 heavy (non-hydrogen) atoms. The summed E-state index contributed by atoms with van der Waals surface area (Å²) in [5.74, 6) is 1.57. The van der Waals surface area contributed by atoms with Crippen LogP contribution >= 0.6 is 11.3 Å². The second-order valence-electron chi connectivity index (χ2n) is 7.70. The third-order valence-electron chi connectivity index (χ3n) is 5.77. The Morgan fingerprint density at radius 3 is 2.60 bits per heavy atom. The number of fused-ring (bicyclic) bond motifs is 1. The fourth-order valence-corrected chi connectivity index (χ4v) is 5.01. The number of benzene rings is 2. The molecule has 1 heterocycles. The standard InChI is InChI=1S/C24H24F3NOS/c1-3-16-4-5-18-14-20(10-11-21(16)18)29-13-12-22-15(2)30-23(28-22)17-6-8-19(9-7-17)24(25,26)27/h6-11,14,16H,3-5,12-13H2,1-2H3. The molecule has 2 nitrogen and oxygen atoms in total. The van der Waals surface area contributed by atoms with Crippen molar-refractivity contribution in [1.82, 2.24) is 4.98 Å². The Morgan fingerprint density at radius 2 is 1.90 bits per heavy atom. The summed E-state index contributed by atoms with van der Waals surface area (Å²) in [6, 6.07) is 11.6. The van der Waals surface area contributed by atoms with Crippen LogP contribution in [0, 0.1) is 6.92 Å². The highest BCUT2D eigenvalue weighted by Gasteiger charge is 2.30. The van der Waals surface area contributed by atoms with Gasteiger partial charge in [-0.3, -0.25) is 0 Å². The number of hydrogen-bond donors (Lipinski definition) is 0. The molecule has 0 saturated carbocycles. The SMILES string of the molecule is CCC1CCc2cc(OCCc3nc(-c4ccc(C(F)(F)F)cc4)sc3C)ccc21. The molecule has 0 fully saturated rings. The van der Waals surface area contributed by atoms with Gasteiger partial charge in [0.2, 0.25) is 0 Å². The van der Waals surface area contributed by atoms with Gasteiger partial charge in [0.1, 0.15) is 10.8 Å². The van der Waals surface area contributed by atoms with Crippen LogP contribution in [0.4, 0.5) is 13.2 Å². The Hall–Kier alpha value is -2.34. The molecule has 1 aliphatic rings. The van der Waals surface area contributed by atoms with E-state index in [9.17, 15) is 13.2 Å². The molecule has 1 atom stereocenters. The van der Waals surface area contributed by atoms with Crippen molar-refractivity contribution in [2.75, 3.05) is 6.61 Å². The summed E-state index contributed by atoms with van der Waals surface area (Å²) < 4.78 is 44.2. The molecule has 4 rings (SSSR count). The van der Waals surface area contributed by atoms with Crippen LogP contribution in [0.15, 0.2) is 42.5 Å². The number of aromatic nitrogens is 1. The van der Waals surface area contributed by atoms with Gasteiger partial charge in [0, 0.05) is 16.9 Å². The maximum Gasteiger partial charge on any atom is 0.416 e. The third-order valence-corrected chi connectivity index (χ3v) is 6.83. The van der Waals surface area contributed by atoms with Crippen molar-refractivity contribution in [3.05, 3.63) is 69.7 Å². The van der Waals surface area contributed by atoms with Gasteiger partial charge in [-0.15, -0.1) is 11.3 Å². The lowest BCUT2D eigenvalue weighted by Crippen LogP contribution is -2.04. The van der Waals surface area contributed by atoms with E-state index in [1.807, 2.05) is 13.0 Å². The molecule has 0 saturated heterocycles. The molecule has 2 aromatic carbocycles. The first-order valence-corrected chi connectivity index (χ1v) is 11.1. The van der Waals surface area contributed by atoms with Crippen LogP contribution in [0.1, 0.15) is 52.9 Å². The van der Waals surface area contributed by atoms with E-state index in [1.165, 1.54) is 47.4 Å². The van der Waals surface area contributed by atoms with Gasteiger partial charge in [0.25, 0.3) is 0 Å². The van der Waals surface area contributed by atoms with Crippen LogP contribution in [-0.2, 0) is 19.0 Å². The molecule has 0 radical (unpaired) electrons. The number of ether oxygens (including phenoxy) is 1. The van der Waals surface area contributed by atoms with Gasteiger partial charge in [0.05, 0.1) is 17.9 Å². The van der Waals surface area contributed by atoms with Crippen molar-refractivity contribution in [2.24, 2.45) is 0 Å². The smallest absolute Gasteiger partial charge is 0.416 e. The van der Waals surface area contributed by atoms with Gasteiger partial charge in [-0.1, -0.05) is 25.1 Å². The Morgan fingerprint density at radius 1 is 1.13 bits per heavy atom. The minimum atomic E-state index is -4.32. The quantitative estimate of drug-likeness (QED) is 0.412. The number of rotatable bonds is 6. The number of alkyl halides is 3. The number of halogens is 3. The molecule has 6 heteroatoms. The van der Waals surface area contributed by atoms with Crippen molar-refractivity contribution in [2.45, 2.75) is 51.6 Å². The fraction of sp³-hybridized carbons (Fsp3) is 0.375. The number of hydrogen-bond acceptors (Lipinski definition) is 3. The molecule has 1 unspecified atom stereocenters. The van der Waals surface area contributed by atoms with Crippen LogP contribution in [0.2, 0.25) is 0 Å². The molecule has 0 spiro atoms. The van der Waals surface area contributed by atoms with E-state index in [0.717, 1.165) is 39.9 Å². The molecule has 1 aromatic heterocycles. The highest BCUT2D eigenvalue weighted by Crippen LogP contribution is 2.37. The van der Waals surface area contributed by atoms with Crippen molar-refractivity contribution < 1.29 is 17.9 Å². The summed E-state index contributed by atoms with van der Waals surface area (Å²) in [6.07, 6.45) is -0.142. The van der Waals surface area contributed by atoms with Gasteiger partial charge in [0.15, 0.2) is 0 Å². The fourth-order valence-electron chi connectivity index (χ4n) is 4.05. The van der Waals surface area contributed by atoms with Gasteiger partial charge in [-0.25, -0.2) is 4.98 Å². The number of aryl methyl sites for hydroxylation is 2. The highest BCUT2D eigenvalue weighted by molar-refractivity contribution is 7.15. The predicted molar refractivity (Wildman–Crippen MR) is 114 cm³/mol. The van der Waals surface area contributed by atoms with Crippen LogP contribution < -0.4 is 4.74 Å². The summed E-state index contributed by atoms with van der Waals surface area (Å²) in [4.78, 5) is 5.70. The van der Waals surface area contributed by atoms with Gasteiger partial charge in [-0.05, 0) is 67.5 Å². The van der Waals surface area contributed by atoms with E-state index < -0.39 is 11.7 Å². The average molecular weight is 432 g/mol. The molecule has 1 aliphatic carbocycles. The van der Waals surface area contributed by atoms with Crippen LogP contribution in [0.25, 0.3) is 10.6 Å². The zero-order valence-corrected chi connectivity index (χ0v) is 17.9. The largest absolute Gasteiger partial charge is 0.493 e. The first-order valence-electron chi connectivity index (χ1n) is 10.2. The summed E-state index contributed by atoms with van der Waals surface area (Å²) in [7, 11) is 0. The van der Waals surface area contributed by atoms with Crippen molar-refractivity contribution in [3.8, 4) is 16.3 Å². The topological polar surface area (TPSA) is 22.1 Å². The first kappa shape index (κ1) is 20.9. The lowest BCUT2D eigenvalue weighted by atomic mass is 9.99. The van der Waals surface area contributed by atoms with E-state index in [2.05, 4.69) is 24.0 Å².